The molecule has 1 saturated heterocycles. The fourth-order valence-corrected chi connectivity index (χ4v) is 4.66. The number of rotatable bonds is 7. The summed E-state index contributed by atoms with van der Waals surface area (Å²) in [6.45, 7) is 6.39. The van der Waals surface area contributed by atoms with Gasteiger partial charge in [-0.3, -0.25) is 0 Å². The first kappa shape index (κ1) is 20.6. The van der Waals surface area contributed by atoms with E-state index in [-0.39, 0.29) is 5.92 Å². The predicted octanol–water partition coefficient (Wildman–Crippen LogP) is 4.19. The Hall–Kier alpha value is -3.27. The minimum atomic E-state index is 0.271. The smallest absolute Gasteiger partial charge is 0.324 e. The summed E-state index contributed by atoms with van der Waals surface area (Å²) >= 11 is 1.72. The summed E-state index contributed by atoms with van der Waals surface area (Å²) in [7, 11) is 0. The zero-order valence-electron chi connectivity index (χ0n) is 18.1. The summed E-state index contributed by atoms with van der Waals surface area (Å²) in [5.41, 5.74) is 1.91. The third-order valence-electron chi connectivity index (χ3n) is 5.54. The van der Waals surface area contributed by atoms with E-state index < -0.39 is 0 Å². The molecule has 0 atom stereocenters. The molecule has 1 aliphatic rings. The molecule has 10 heteroatoms. The second-order valence-electron chi connectivity index (χ2n) is 8.16. The van der Waals surface area contributed by atoms with Gasteiger partial charge in [0.15, 0.2) is 5.82 Å². The monoisotopic (exact) mass is 451 g/mol. The summed E-state index contributed by atoms with van der Waals surface area (Å²) < 4.78 is 13.1. The number of piperidine rings is 1. The van der Waals surface area contributed by atoms with Gasteiger partial charge in [-0.1, -0.05) is 24.2 Å². The van der Waals surface area contributed by atoms with Crippen molar-refractivity contribution in [2.45, 2.75) is 45.1 Å². The van der Waals surface area contributed by atoms with Gasteiger partial charge >= 0.3 is 6.01 Å². The average molecular weight is 452 g/mol. The molecule has 0 amide bonds. The molecule has 4 heterocycles. The largest absolute Gasteiger partial charge is 0.487 e. The molecule has 0 bridgehead atoms. The molecule has 0 spiro atoms. The van der Waals surface area contributed by atoms with Gasteiger partial charge in [0.1, 0.15) is 12.4 Å². The van der Waals surface area contributed by atoms with Crippen LogP contribution in [0.3, 0.4) is 0 Å². The van der Waals surface area contributed by atoms with Crippen LogP contribution in [-0.2, 0) is 6.61 Å². The Kier molecular flexibility index (Phi) is 5.85. The fourth-order valence-electron chi connectivity index (χ4n) is 3.68. The van der Waals surface area contributed by atoms with Crippen molar-refractivity contribution in [1.29, 1.82) is 0 Å². The van der Waals surface area contributed by atoms with Crippen LogP contribution in [0.25, 0.3) is 5.69 Å². The van der Waals surface area contributed by atoms with Crippen molar-refractivity contribution in [3.05, 3.63) is 58.6 Å². The summed E-state index contributed by atoms with van der Waals surface area (Å²) in [5.74, 6) is 2.30. The van der Waals surface area contributed by atoms with Crippen molar-refractivity contribution in [3.8, 4) is 11.4 Å². The van der Waals surface area contributed by atoms with E-state index in [1.165, 1.54) is 5.01 Å². The molecule has 0 aliphatic carbocycles. The normalized spacial score (nSPS) is 14.9. The van der Waals surface area contributed by atoms with E-state index in [1.54, 1.807) is 22.2 Å². The highest BCUT2D eigenvalue weighted by molar-refractivity contribution is 7.09. The lowest BCUT2D eigenvalue weighted by molar-refractivity contribution is 0.301. The molecule has 0 unspecified atom stereocenters. The number of thiazole rings is 1. The van der Waals surface area contributed by atoms with Crippen LogP contribution in [-0.4, -0.2) is 43.2 Å². The van der Waals surface area contributed by atoms with Crippen LogP contribution in [0, 0.1) is 0 Å². The minimum Gasteiger partial charge on any atom is -0.487 e. The van der Waals surface area contributed by atoms with Gasteiger partial charge in [0.2, 0.25) is 0 Å². The van der Waals surface area contributed by atoms with E-state index in [1.807, 2.05) is 30.5 Å². The molecule has 3 aromatic heterocycles. The molecule has 0 radical (unpaired) electrons. The number of aromatic nitrogens is 6. The standard InChI is InChI=1S/C22H25N7O2S/c1-15(2)20-25-22(31-26-20)28-10-7-16(8-11-28)21-24-17(14-32-21)13-30-19-5-3-18(4-6-19)29-12-9-23-27-29/h3-6,9,12,14-16H,7-8,10-11,13H2,1-2H3. The van der Waals surface area contributed by atoms with E-state index >= 15 is 0 Å². The number of ether oxygens (including phenoxy) is 1. The van der Waals surface area contributed by atoms with Gasteiger partial charge in [-0.15, -0.1) is 16.4 Å². The van der Waals surface area contributed by atoms with Gasteiger partial charge < -0.3 is 14.2 Å². The Morgan fingerprint density at radius 2 is 1.97 bits per heavy atom. The van der Waals surface area contributed by atoms with Gasteiger partial charge in [-0.2, -0.15) is 4.98 Å². The third kappa shape index (κ3) is 4.50. The molecular weight excluding hydrogens is 426 g/mol. The average Bonchev–Trinajstić information content (AvgIpc) is 3.60. The highest BCUT2D eigenvalue weighted by atomic mass is 32.1. The van der Waals surface area contributed by atoms with Crippen LogP contribution >= 0.6 is 11.3 Å². The first-order chi connectivity index (χ1) is 15.7. The first-order valence-electron chi connectivity index (χ1n) is 10.8. The molecule has 1 fully saturated rings. The van der Waals surface area contributed by atoms with Crippen molar-refractivity contribution in [3.63, 3.8) is 0 Å². The molecule has 5 rings (SSSR count). The van der Waals surface area contributed by atoms with Crippen molar-refractivity contribution in [1.82, 2.24) is 30.1 Å². The van der Waals surface area contributed by atoms with Crippen LogP contribution < -0.4 is 9.64 Å². The minimum absolute atomic E-state index is 0.271. The van der Waals surface area contributed by atoms with Gasteiger partial charge in [0, 0.05) is 30.3 Å². The molecule has 166 valence electrons. The summed E-state index contributed by atoms with van der Waals surface area (Å²) in [4.78, 5) is 11.5. The van der Waals surface area contributed by atoms with E-state index in [9.17, 15) is 0 Å². The van der Waals surface area contributed by atoms with Crippen molar-refractivity contribution >= 4 is 17.4 Å². The van der Waals surface area contributed by atoms with E-state index in [0.29, 0.717) is 18.5 Å². The maximum Gasteiger partial charge on any atom is 0.324 e. The van der Waals surface area contributed by atoms with Crippen molar-refractivity contribution < 1.29 is 9.26 Å². The van der Waals surface area contributed by atoms with Gasteiger partial charge in [0.05, 0.1) is 28.8 Å². The number of hydrogen-bond donors (Lipinski definition) is 0. The van der Waals surface area contributed by atoms with Crippen LogP contribution in [0.5, 0.6) is 5.75 Å². The Morgan fingerprint density at radius 3 is 2.66 bits per heavy atom. The van der Waals surface area contributed by atoms with E-state index in [4.69, 9.17) is 14.2 Å². The van der Waals surface area contributed by atoms with Crippen LogP contribution in [0.1, 0.15) is 55.1 Å². The molecule has 9 nitrogen and oxygen atoms in total. The zero-order chi connectivity index (χ0) is 21.9. The molecule has 0 saturated carbocycles. The van der Waals surface area contributed by atoms with Crippen LogP contribution in [0.15, 0.2) is 46.6 Å². The second-order valence-corrected chi connectivity index (χ2v) is 9.05. The third-order valence-corrected chi connectivity index (χ3v) is 6.60. The Morgan fingerprint density at radius 1 is 1.16 bits per heavy atom. The lowest BCUT2D eigenvalue weighted by atomic mass is 9.98. The Balaban J connectivity index is 1.13. The molecule has 32 heavy (non-hydrogen) atoms. The summed E-state index contributed by atoms with van der Waals surface area (Å²) in [6.07, 6.45) is 5.51. The maximum atomic E-state index is 5.92. The van der Waals surface area contributed by atoms with Crippen molar-refractivity contribution in [2.24, 2.45) is 0 Å². The summed E-state index contributed by atoms with van der Waals surface area (Å²) in [5, 5.41) is 15.2. The van der Waals surface area contributed by atoms with Crippen LogP contribution in [0.2, 0.25) is 0 Å². The second kappa shape index (κ2) is 9.07. The Bertz CT molecular complexity index is 1130. The fraction of sp³-hybridized carbons (Fsp3) is 0.409. The number of hydrogen-bond acceptors (Lipinski definition) is 9. The number of benzene rings is 1. The van der Waals surface area contributed by atoms with E-state index in [2.05, 4.69) is 44.6 Å². The lowest BCUT2D eigenvalue weighted by Crippen LogP contribution is -2.33. The van der Waals surface area contributed by atoms with Gasteiger partial charge in [-0.05, 0) is 37.1 Å². The SMILES string of the molecule is CC(C)c1noc(N2CCC(c3nc(COc4ccc(-n5ccnn5)cc4)cs3)CC2)n1. The van der Waals surface area contributed by atoms with E-state index in [0.717, 1.165) is 48.9 Å². The highest BCUT2D eigenvalue weighted by Crippen LogP contribution is 2.32. The zero-order valence-corrected chi connectivity index (χ0v) is 18.9. The number of anilines is 1. The number of nitrogens with zero attached hydrogens (tertiary/aromatic N) is 7. The molecule has 1 aromatic carbocycles. The molecular formula is C22H25N7O2S. The summed E-state index contributed by atoms with van der Waals surface area (Å²) in [6, 6.07) is 8.41. The van der Waals surface area contributed by atoms with Crippen LogP contribution in [0.4, 0.5) is 6.01 Å². The maximum absolute atomic E-state index is 5.92. The quantitative estimate of drug-likeness (QED) is 0.413. The molecule has 4 aromatic rings. The lowest BCUT2D eigenvalue weighted by Gasteiger charge is -2.29. The van der Waals surface area contributed by atoms with Gasteiger partial charge in [0.25, 0.3) is 0 Å². The van der Waals surface area contributed by atoms with Gasteiger partial charge in [-0.25, -0.2) is 9.67 Å². The molecule has 1 aliphatic heterocycles. The Labute approximate surface area is 190 Å². The predicted molar refractivity (Wildman–Crippen MR) is 120 cm³/mol. The first-order valence-corrected chi connectivity index (χ1v) is 11.7. The highest BCUT2D eigenvalue weighted by Gasteiger charge is 2.26. The van der Waals surface area contributed by atoms with Crippen molar-refractivity contribution in [2.75, 3.05) is 18.0 Å². The molecule has 0 N–H and O–H groups in total. The topological polar surface area (TPSA) is 95.0 Å².